The maximum atomic E-state index is 10.6. The van der Waals surface area contributed by atoms with Gasteiger partial charge in [0.1, 0.15) is 0 Å². The van der Waals surface area contributed by atoms with Crippen molar-refractivity contribution in [1.29, 1.82) is 0 Å². The predicted octanol–water partition coefficient (Wildman–Crippen LogP) is 0.753. The number of hydrogen-bond donors (Lipinski definition) is 1. The van der Waals surface area contributed by atoms with Crippen molar-refractivity contribution in [3.05, 3.63) is 0 Å². The van der Waals surface area contributed by atoms with E-state index in [1.54, 1.807) is 6.26 Å². The van der Waals surface area contributed by atoms with E-state index in [1.807, 2.05) is 0 Å². The Bertz CT molecular complexity index is 104. The average Bonchev–Trinajstić information content (AvgIpc) is 1.79. The Hall–Kier alpha value is 0.110. The highest BCUT2D eigenvalue weighted by atomic mass is 32.2. The molecule has 0 radical (unpaired) electrons. The Morgan fingerprint density at radius 2 is 2.10 bits per heavy atom. The van der Waals surface area contributed by atoms with Gasteiger partial charge in [0.25, 0.3) is 0 Å². The molecule has 0 rings (SSSR count). The fraction of sp³-hybridized carbons (Fsp3) is 1.00. The zero-order chi connectivity index (χ0) is 7.98. The van der Waals surface area contributed by atoms with Crippen LogP contribution in [0, 0.1) is 0 Å². The Kier molecular flexibility index (Phi) is 5.93. The van der Waals surface area contributed by atoms with Gasteiger partial charge in [0.05, 0.1) is 0 Å². The largest absolute Gasteiger partial charge is 0.315 e. The van der Waals surface area contributed by atoms with Crippen LogP contribution in [-0.4, -0.2) is 28.8 Å². The van der Waals surface area contributed by atoms with Gasteiger partial charge in [-0.3, -0.25) is 4.21 Å². The van der Waals surface area contributed by atoms with Crippen molar-refractivity contribution >= 4 is 10.8 Å². The normalized spacial score (nSPS) is 14.0. The second kappa shape index (κ2) is 5.86. The molecule has 0 saturated carbocycles. The first-order valence-corrected chi connectivity index (χ1v) is 5.39. The molecular formula is C7H17NOS. The zero-order valence-corrected chi connectivity index (χ0v) is 7.83. The van der Waals surface area contributed by atoms with Gasteiger partial charge in [0.2, 0.25) is 0 Å². The van der Waals surface area contributed by atoms with E-state index in [2.05, 4.69) is 19.2 Å². The maximum absolute atomic E-state index is 10.6. The molecule has 0 bridgehead atoms. The molecule has 0 aromatic heterocycles. The van der Waals surface area contributed by atoms with Crippen molar-refractivity contribution in [3.8, 4) is 0 Å². The lowest BCUT2D eigenvalue weighted by molar-refractivity contribution is 0.583. The minimum absolute atomic E-state index is 0.547. The lowest BCUT2D eigenvalue weighted by atomic mass is 10.4. The molecule has 0 amide bonds. The minimum Gasteiger partial charge on any atom is -0.315 e. The van der Waals surface area contributed by atoms with Gasteiger partial charge >= 0.3 is 0 Å². The van der Waals surface area contributed by atoms with Crippen LogP contribution in [0.5, 0.6) is 0 Å². The van der Waals surface area contributed by atoms with E-state index in [4.69, 9.17) is 0 Å². The molecule has 0 aromatic rings. The van der Waals surface area contributed by atoms with Crippen molar-refractivity contribution in [3.63, 3.8) is 0 Å². The summed E-state index contributed by atoms with van der Waals surface area (Å²) in [5.41, 5.74) is 0. The summed E-state index contributed by atoms with van der Waals surface area (Å²) in [4.78, 5) is 0. The van der Waals surface area contributed by atoms with Crippen molar-refractivity contribution in [2.24, 2.45) is 0 Å². The van der Waals surface area contributed by atoms with Gasteiger partial charge in [0, 0.05) is 28.9 Å². The first-order valence-electron chi connectivity index (χ1n) is 3.66. The summed E-state index contributed by atoms with van der Waals surface area (Å²) in [6.45, 7) is 5.21. The summed E-state index contributed by atoms with van der Waals surface area (Å²) in [7, 11) is -0.620. The summed E-state index contributed by atoms with van der Waals surface area (Å²) in [5.74, 6) is 0.819. The van der Waals surface area contributed by atoms with Gasteiger partial charge < -0.3 is 5.32 Å². The van der Waals surface area contributed by atoms with E-state index in [0.717, 1.165) is 18.7 Å². The van der Waals surface area contributed by atoms with E-state index < -0.39 is 10.8 Å². The third kappa shape index (κ3) is 8.11. The van der Waals surface area contributed by atoms with Crippen molar-refractivity contribution in [1.82, 2.24) is 5.32 Å². The first kappa shape index (κ1) is 10.1. The summed E-state index contributed by atoms with van der Waals surface area (Å²) in [6.07, 6.45) is 2.76. The van der Waals surface area contributed by atoms with E-state index in [1.165, 1.54) is 0 Å². The van der Waals surface area contributed by atoms with Crippen molar-refractivity contribution in [2.45, 2.75) is 26.3 Å². The third-order valence-electron chi connectivity index (χ3n) is 1.16. The second-order valence-electron chi connectivity index (χ2n) is 2.74. The van der Waals surface area contributed by atoms with Gasteiger partial charge in [-0.25, -0.2) is 0 Å². The Morgan fingerprint density at radius 1 is 1.50 bits per heavy atom. The molecule has 0 aliphatic rings. The minimum atomic E-state index is -0.620. The highest BCUT2D eigenvalue weighted by molar-refractivity contribution is 7.84. The molecule has 1 N–H and O–H groups in total. The molecular weight excluding hydrogens is 146 g/mol. The first-order chi connectivity index (χ1) is 4.63. The molecule has 10 heavy (non-hydrogen) atoms. The van der Waals surface area contributed by atoms with Gasteiger partial charge in [-0.1, -0.05) is 13.8 Å². The fourth-order valence-corrected chi connectivity index (χ4v) is 1.22. The highest BCUT2D eigenvalue weighted by Crippen LogP contribution is 1.83. The smallest absolute Gasteiger partial charge is 0.0244 e. The number of nitrogens with one attached hydrogen (secondary N) is 1. The van der Waals surface area contributed by atoms with Gasteiger partial charge in [0.15, 0.2) is 0 Å². The standard InChI is InChI=1S/C7H17NOS/c1-7(2)8-5-4-6-10(3)9/h7-8H,4-6H2,1-3H3. The lowest BCUT2D eigenvalue weighted by Gasteiger charge is -2.05. The number of rotatable bonds is 5. The van der Waals surface area contributed by atoms with Gasteiger partial charge in [-0.05, 0) is 13.0 Å². The van der Waals surface area contributed by atoms with Gasteiger partial charge in [-0.15, -0.1) is 0 Å². The second-order valence-corrected chi connectivity index (χ2v) is 4.29. The SMILES string of the molecule is CC(C)NCCCS(C)=O. The van der Waals surface area contributed by atoms with Crippen LogP contribution in [0.15, 0.2) is 0 Å². The molecule has 1 unspecified atom stereocenters. The molecule has 0 aliphatic carbocycles. The molecule has 0 spiro atoms. The molecule has 62 valence electrons. The number of hydrogen-bond acceptors (Lipinski definition) is 2. The molecule has 0 fully saturated rings. The van der Waals surface area contributed by atoms with Crippen molar-refractivity contribution < 1.29 is 4.21 Å². The summed E-state index contributed by atoms with van der Waals surface area (Å²) in [5, 5.41) is 3.27. The molecule has 0 aromatic carbocycles. The highest BCUT2D eigenvalue weighted by Gasteiger charge is 1.92. The molecule has 2 nitrogen and oxygen atoms in total. The topological polar surface area (TPSA) is 29.1 Å². The van der Waals surface area contributed by atoms with Crippen LogP contribution >= 0.6 is 0 Å². The zero-order valence-electron chi connectivity index (χ0n) is 7.02. The monoisotopic (exact) mass is 163 g/mol. The Balaban J connectivity index is 2.98. The summed E-state index contributed by atoms with van der Waals surface area (Å²) >= 11 is 0. The molecule has 0 heterocycles. The van der Waals surface area contributed by atoms with Crippen LogP contribution < -0.4 is 5.32 Å². The summed E-state index contributed by atoms with van der Waals surface area (Å²) < 4.78 is 10.6. The molecule has 0 saturated heterocycles. The summed E-state index contributed by atoms with van der Waals surface area (Å²) in [6, 6.07) is 0.547. The molecule has 3 heteroatoms. The maximum Gasteiger partial charge on any atom is 0.0244 e. The van der Waals surface area contributed by atoms with Crippen LogP contribution in [0.25, 0.3) is 0 Å². The Morgan fingerprint density at radius 3 is 2.50 bits per heavy atom. The third-order valence-corrected chi connectivity index (χ3v) is 2.02. The van der Waals surface area contributed by atoms with Crippen LogP contribution in [0.4, 0.5) is 0 Å². The van der Waals surface area contributed by atoms with Crippen LogP contribution in [0.1, 0.15) is 20.3 Å². The van der Waals surface area contributed by atoms with Crippen molar-refractivity contribution in [2.75, 3.05) is 18.6 Å². The Labute approximate surface area is 65.9 Å². The van der Waals surface area contributed by atoms with E-state index in [9.17, 15) is 4.21 Å². The lowest BCUT2D eigenvalue weighted by Crippen LogP contribution is -2.24. The van der Waals surface area contributed by atoms with Crippen LogP contribution in [0.3, 0.4) is 0 Å². The fourth-order valence-electron chi connectivity index (χ4n) is 0.666. The van der Waals surface area contributed by atoms with E-state index in [-0.39, 0.29) is 0 Å². The van der Waals surface area contributed by atoms with E-state index in [0.29, 0.717) is 6.04 Å². The van der Waals surface area contributed by atoms with E-state index >= 15 is 0 Å². The van der Waals surface area contributed by atoms with Crippen LogP contribution in [-0.2, 0) is 10.8 Å². The average molecular weight is 163 g/mol. The quantitative estimate of drug-likeness (QED) is 0.606. The van der Waals surface area contributed by atoms with Gasteiger partial charge in [-0.2, -0.15) is 0 Å². The molecule has 0 aliphatic heterocycles. The molecule has 1 atom stereocenters. The van der Waals surface area contributed by atoms with Crippen LogP contribution in [0.2, 0.25) is 0 Å². The predicted molar refractivity (Wildman–Crippen MR) is 46.7 cm³/mol.